The molecule has 0 aromatic heterocycles. The van der Waals surface area contributed by atoms with Crippen LogP contribution >= 0.6 is 0 Å². The molecule has 3 rings (SSSR count). The molecule has 1 aliphatic heterocycles. The molecule has 0 N–H and O–H groups in total. The van der Waals surface area contributed by atoms with Crippen molar-refractivity contribution in [1.82, 2.24) is 5.01 Å². The molecule has 0 radical (unpaired) electrons. The number of hydrogen-bond acceptors (Lipinski definition) is 5. The number of fused-ring (bicyclic) bond motifs is 1. The molecule has 0 amide bonds. The highest BCUT2D eigenvalue weighted by atomic mass is 32.2. The molecule has 136 valence electrons. The molecule has 0 saturated carbocycles. The third kappa shape index (κ3) is 3.94. The van der Waals surface area contributed by atoms with E-state index in [-0.39, 0.29) is 4.90 Å². The summed E-state index contributed by atoms with van der Waals surface area (Å²) in [6.07, 6.45) is 3.78. The molecule has 2 aromatic rings. The third-order valence-corrected chi connectivity index (χ3v) is 5.27. The van der Waals surface area contributed by atoms with Crippen molar-refractivity contribution in [2.45, 2.75) is 24.7 Å². The number of unbranched alkanes of at least 4 members (excludes halogenated alkanes) is 1. The third-order valence-electron chi connectivity index (χ3n) is 3.95. The lowest BCUT2D eigenvalue weighted by Gasteiger charge is -2.12. The maximum absolute atomic E-state index is 12.1. The molecular formula is C19H21N3O3S. The van der Waals surface area contributed by atoms with Crippen molar-refractivity contribution in [3.8, 4) is 5.75 Å². The van der Waals surface area contributed by atoms with E-state index in [2.05, 4.69) is 16.4 Å². The van der Waals surface area contributed by atoms with Crippen molar-refractivity contribution < 1.29 is 13.2 Å². The van der Waals surface area contributed by atoms with Gasteiger partial charge >= 0.3 is 0 Å². The maximum atomic E-state index is 12.1. The Balaban J connectivity index is 1.71. The van der Waals surface area contributed by atoms with Crippen LogP contribution in [-0.4, -0.2) is 39.1 Å². The molecule has 0 atom stereocenters. The van der Waals surface area contributed by atoms with Gasteiger partial charge in [0.05, 0.1) is 12.8 Å². The Morgan fingerprint density at radius 2 is 1.88 bits per heavy atom. The number of amidine groups is 1. The maximum Gasteiger partial charge on any atom is 0.285 e. The van der Waals surface area contributed by atoms with Crippen molar-refractivity contribution in [2.24, 2.45) is 9.50 Å². The largest absolute Gasteiger partial charge is 0.494 e. The standard InChI is InChI=1S/C19H21N3O3S/c1-3-4-13-25-16-11-9-15(10-12-16)14-20-22(2)19-17-7-5-6-8-18(17)26(23,24)21-19/h5-12,14H,3-4,13H2,1-2H3. The summed E-state index contributed by atoms with van der Waals surface area (Å²) in [6.45, 7) is 2.83. The zero-order valence-corrected chi connectivity index (χ0v) is 15.6. The minimum Gasteiger partial charge on any atom is -0.494 e. The minimum atomic E-state index is -3.64. The Hall–Kier alpha value is -2.67. The van der Waals surface area contributed by atoms with Crippen molar-refractivity contribution >= 4 is 22.1 Å². The topological polar surface area (TPSA) is 71.3 Å². The summed E-state index contributed by atoms with van der Waals surface area (Å²) in [5.74, 6) is 1.14. The molecule has 0 spiro atoms. The Kier molecular flexibility index (Phi) is 5.37. The van der Waals surface area contributed by atoms with Crippen LogP contribution in [0.15, 0.2) is 62.9 Å². The summed E-state index contributed by atoms with van der Waals surface area (Å²) in [5, 5.41) is 5.79. The molecule has 1 aliphatic rings. The van der Waals surface area contributed by atoms with E-state index in [0.29, 0.717) is 18.0 Å². The van der Waals surface area contributed by atoms with Gasteiger partial charge in [-0.1, -0.05) is 25.5 Å². The van der Waals surface area contributed by atoms with Gasteiger partial charge in [0.25, 0.3) is 10.0 Å². The normalized spacial score (nSPS) is 14.9. The fourth-order valence-corrected chi connectivity index (χ4v) is 3.74. The summed E-state index contributed by atoms with van der Waals surface area (Å²) >= 11 is 0. The number of rotatable bonds is 6. The number of hydrazone groups is 1. The second-order valence-electron chi connectivity index (χ2n) is 5.93. The van der Waals surface area contributed by atoms with E-state index in [9.17, 15) is 8.42 Å². The lowest BCUT2D eigenvalue weighted by Crippen LogP contribution is -2.21. The van der Waals surface area contributed by atoms with E-state index >= 15 is 0 Å². The first-order chi connectivity index (χ1) is 12.5. The monoisotopic (exact) mass is 371 g/mol. The first-order valence-electron chi connectivity index (χ1n) is 8.46. The average Bonchev–Trinajstić information content (AvgIpc) is 2.93. The van der Waals surface area contributed by atoms with Gasteiger partial charge in [-0.15, -0.1) is 4.40 Å². The summed E-state index contributed by atoms with van der Waals surface area (Å²) in [6, 6.07) is 14.3. The summed E-state index contributed by atoms with van der Waals surface area (Å²) in [5.41, 5.74) is 1.45. The van der Waals surface area contributed by atoms with Crippen molar-refractivity contribution in [3.05, 3.63) is 59.7 Å². The van der Waals surface area contributed by atoms with E-state index in [4.69, 9.17) is 4.74 Å². The van der Waals surface area contributed by atoms with Crippen LogP contribution < -0.4 is 4.74 Å². The quantitative estimate of drug-likeness (QED) is 0.444. The predicted molar refractivity (Wildman–Crippen MR) is 102 cm³/mol. The van der Waals surface area contributed by atoms with E-state index in [1.54, 1.807) is 37.5 Å². The Labute approximate surface area is 153 Å². The van der Waals surface area contributed by atoms with Crippen LogP contribution in [0.1, 0.15) is 30.9 Å². The highest BCUT2D eigenvalue weighted by Crippen LogP contribution is 2.27. The van der Waals surface area contributed by atoms with Crippen LogP contribution in [0.5, 0.6) is 5.75 Å². The number of hydrogen-bond donors (Lipinski definition) is 0. The number of sulfonamides is 1. The molecule has 0 saturated heterocycles. The van der Waals surface area contributed by atoms with Gasteiger partial charge < -0.3 is 4.74 Å². The van der Waals surface area contributed by atoms with Crippen molar-refractivity contribution in [1.29, 1.82) is 0 Å². The highest BCUT2D eigenvalue weighted by Gasteiger charge is 2.30. The smallest absolute Gasteiger partial charge is 0.285 e. The molecule has 6 nitrogen and oxygen atoms in total. The number of nitrogens with zero attached hydrogens (tertiary/aromatic N) is 3. The van der Waals surface area contributed by atoms with E-state index in [0.717, 1.165) is 24.2 Å². The van der Waals surface area contributed by atoms with Gasteiger partial charge in [-0.05, 0) is 48.4 Å². The van der Waals surface area contributed by atoms with Gasteiger partial charge in [-0.3, -0.25) is 0 Å². The summed E-state index contributed by atoms with van der Waals surface area (Å²) in [7, 11) is -1.97. The average molecular weight is 371 g/mol. The molecular weight excluding hydrogens is 350 g/mol. The van der Waals surface area contributed by atoms with Crippen LogP contribution in [-0.2, 0) is 10.0 Å². The first-order valence-corrected chi connectivity index (χ1v) is 9.90. The van der Waals surface area contributed by atoms with Gasteiger partial charge in [-0.25, -0.2) is 5.01 Å². The SMILES string of the molecule is CCCCOc1ccc(C=NN(C)C2=NS(=O)(=O)c3ccccc32)cc1. The fraction of sp³-hybridized carbons (Fsp3) is 0.263. The van der Waals surface area contributed by atoms with Crippen molar-refractivity contribution in [2.75, 3.05) is 13.7 Å². The van der Waals surface area contributed by atoms with Crippen LogP contribution in [0.4, 0.5) is 0 Å². The van der Waals surface area contributed by atoms with E-state index < -0.39 is 10.0 Å². The van der Waals surface area contributed by atoms with Crippen LogP contribution in [0.3, 0.4) is 0 Å². The highest BCUT2D eigenvalue weighted by molar-refractivity contribution is 7.90. The predicted octanol–water partition coefficient (Wildman–Crippen LogP) is 3.28. The second kappa shape index (κ2) is 7.70. The van der Waals surface area contributed by atoms with Crippen molar-refractivity contribution in [3.63, 3.8) is 0 Å². The number of ether oxygens (including phenoxy) is 1. The molecule has 0 unspecified atom stereocenters. The summed E-state index contributed by atoms with van der Waals surface area (Å²) < 4.78 is 33.7. The van der Waals surface area contributed by atoms with Crippen LogP contribution in [0, 0.1) is 0 Å². The molecule has 2 aromatic carbocycles. The van der Waals surface area contributed by atoms with Gasteiger partial charge in [0.2, 0.25) is 0 Å². The lowest BCUT2D eigenvalue weighted by molar-refractivity contribution is 0.309. The fourth-order valence-electron chi connectivity index (χ4n) is 2.51. The Morgan fingerprint density at radius 3 is 2.62 bits per heavy atom. The lowest BCUT2D eigenvalue weighted by atomic mass is 10.2. The molecule has 26 heavy (non-hydrogen) atoms. The second-order valence-corrected chi connectivity index (χ2v) is 7.50. The summed E-state index contributed by atoms with van der Waals surface area (Å²) in [4.78, 5) is 0.214. The van der Waals surface area contributed by atoms with Gasteiger partial charge in [-0.2, -0.15) is 13.5 Å². The van der Waals surface area contributed by atoms with Crippen LogP contribution in [0.25, 0.3) is 0 Å². The van der Waals surface area contributed by atoms with Crippen LogP contribution in [0.2, 0.25) is 0 Å². The van der Waals surface area contributed by atoms with E-state index in [1.165, 1.54) is 5.01 Å². The van der Waals surface area contributed by atoms with Gasteiger partial charge in [0, 0.05) is 12.6 Å². The zero-order chi connectivity index (χ0) is 18.6. The van der Waals surface area contributed by atoms with Gasteiger partial charge in [0.15, 0.2) is 5.84 Å². The molecule has 7 heteroatoms. The number of benzene rings is 2. The van der Waals surface area contributed by atoms with E-state index in [1.807, 2.05) is 24.3 Å². The Bertz CT molecular complexity index is 935. The molecule has 0 fully saturated rings. The first kappa shape index (κ1) is 18.1. The molecule has 1 heterocycles. The zero-order valence-electron chi connectivity index (χ0n) is 14.8. The molecule has 0 bridgehead atoms. The molecule has 0 aliphatic carbocycles. The van der Waals surface area contributed by atoms with Gasteiger partial charge in [0.1, 0.15) is 10.6 Å². The Morgan fingerprint density at radius 1 is 1.15 bits per heavy atom. The minimum absolute atomic E-state index is 0.214.